The predicted octanol–water partition coefficient (Wildman–Crippen LogP) is 3.28. The molecule has 0 atom stereocenters. The van der Waals surface area contributed by atoms with Crippen LogP contribution in [0.1, 0.15) is 73.1 Å². The molecule has 122 valence electrons. The summed E-state index contributed by atoms with van der Waals surface area (Å²) in [5, 5.41) is 11.8. The molecule has 0 unspecified atom stereocenters. The molecule has 0 spiro atoms. The Hall–Kier alpha value is -0.610. The molecule has 4 nitrogen and oxygen atoms in total. The maximum Gasteiger partial charge on any atom is 0.219 e. The van der Waals surface area contributed by atoms with Crippen molar-refractivity contribution in [3.63, 3.8) is 0 Å². The highest BCUT2D eigenvalue weighted by molar-refractivity contribution is 5.75. The smallest absolute Gasteiger partial charge is 0.219 e. The first-order valence-corrected chi connectivity index (χ1v) is 8.03. The minimum Gasteiger partial charge on any atom is -0.396 e. The van der Waals surface area contributed by atoms with E-state index in [9.17, 15) is 4.79 Å². The first-order valence-electron chi connectivity index (χ1n) is 8.03. The molecule has 0 aliphatic heterocycles. The molecule has 0 aliphatic rings. The van der Waals surface area contributed by atoms with Gasteiger partial charge in [-0.25, -0.2) is 0 Å². The van der Waals surface area contributed by atoms with Crippen LogP contribution >= 0.6 is 0 Å². The van der Waals surface area contributed by atoms with Crippen molar-refractivity contribution in [2.75, 3.05) is 19.8 Å². The topological polar surface area (TPSA) is 58.6 Å². The van der Waals surface area contributed by atoms with Crippen LogP contribution < -0.4 is 5.32 Å². The summed E-state index contributed by atoms with van der Waals surface area (Å²) in [5.74, 6) is 0.151. The van der Waals surface area contributed by atoms with Crippen molar-refractivity contribution in [2.24, 2.45) is 0 Å². The van der Waals surface area contributed by atoms with Gasteiger partial charge < -0.3 is 15.2 Å². The van der Waals surface area contributed by atoms with Crippen LogP contribution in [0.2, 0.25) is 0 Å². The summed E-state index contributed by atoms with van der Waals surface area (Å²) in [6, 6.07) is 0. The van der Waals surface area contributed by atoms with E-state index in [1.54, 1.807) is 0 Å². The lowest BCUT2D eigenvalue weighted by atomic mass is 10.1. The van der Waals surface area contributed by atoms with E-state index in [-0.39, 0.29) is 18.1 Å². The van der Waals surface area contributed by atoms with E-state index in [2.05, 4.69) is 12.2 Å². The lowest BCUT2D eigenvalue weighted by molar-refractivity contribution is -0.121. The van der Waals surface area contributed by atoms with Gasteiger partial charge in [0.2, 0.25) is 5.91 Å². The van der Waals surface area contributed by atoms with Gasteiger partial charge in [0.25, 0.3) is 0 Å². The van der Waals surface area contributed by atoms with Gasteiger partial charge >= 0.3 is 0 Å². The van der Waals surface area contributed by atoms with Crippen LogP contribution in [0.5, 0.6) is 0 Å². The van der Waals surface area contributed by atoms with Gasteiger partial charge in [-0.1, -0.05) is 27.2 Å². The standard InChI is InChI=1S/C14H29NO3.C2H6/c1-4-5-8-13(17)15-10-6-7-12-18-14(2,3)9-11-16;1-2/h16H,4-12H2,1-3H3,(H,15,17);1-2H3. The van der Waals surface area contributed by atoms with E-state index >= 15 is 0 Å². The van der Waals surface area contributed by atoms with Gasteiger partial charge in [-0.05, 0) is 39.5 Å². The van der Waals surface area contributed by atoms with Crippen LogP contribution in [0.15, 0.2) is 0 Å². The van der Waals surface area contributed by atoms with Crippen LogP contribution in [0, 0.1) is 0 Å². The van der Waals surface area contributed by atoms with Crippen LogP contribution in [0.25, 0.3) is 0 Å². The summed E-state index contributed by atoms with van der Waals surface area (Å²) < 4.78 is 5.67. The zero-order valence-electron chi connectivity index (χ0n) is 14.1. The average molecular weight is 289 g/mol. The SMILES string of the molecule is CC.CCCCC(=O)NCCCCOC(C)(C)CCO. The molecule has 1 amide bonds. The van der Waals surface area contributed by atoms with Crippen LogP contribution in [-0.2, 0) is 9.53 Å². The Morgan fingerprint density at radius 3 is 2.40 bits per heavy atom. The molecule has 0 bridgehead atoms. The Bertz CT molecular complexity index is 218. The quantitative estimate of drug-likeness (QED) is 0.574. The molecule has 0 aromatic rings. The number of rotatable bonds is 11. The van der Waals surface area contributed by atoms with Gasteiger partial charge in [0, 0.05) is 26.2 Å². The van der Waals surface area contributed by atoms with Gasteiger partial charge in [0.15, 0.2) is 0 Å². The fraction of sp³-hybridized carbons (Fsp3) is 0.938. The maximum atomic E-state index is 11.3. The number of hydrogen-bond acceptors (Lipinski definition) is 3. The Labute approximate surface area is 125 Å². The van der Waals surface area contributed by atoms with Crippen molar-refractivity contribution in [1.29, 1.82) is 0 Å². The second-order valence-corrected chi connectivity index (χ2v) is 5.24. The third-order valence-electron chi connectivity index (χ3n) is 2.86. The van der Waals surface area contributed by atoms with Crippen LogP contribution in [0.3, 0.4) is 0 Å². The monoisotopic (exact) mass is 289 g/mol. The third kappa shape index (κ3) is 15.4. The Balaban J connectivity index is 0. The second kappa shape index (κ2) is 14.8. The van der Waals surface area contributed by atoms with Crippen LogP contribution in [0.4, 0.5) is 0 Å². The number of carbonyl (C=O) groups is 1. The summed E-state index contributed by atoms with van der Waals surface area (Å²) in [6.07, 6.45) is 5.18. The first-order chi connectivity index (χ1) is 9.52. The first kappa shape index (κ1) is 21.7. The molecule has 4 heteroatoms. The van der Waals surface area contributed by atoms with Crippen molar-refractivity contribution in [1.82, 2.24) is 5.32 Å². The fourth-order valence-electron chi connectivity index (χ4n) is 1.57. The Morgan fingerprint density at radius 1 is 1.20 bits per heavy atom. The molecule has 0 rings (SSSR count). The molecule has 0 saturated carbocycles. The van der Waals surface area contributed by atoms with E-state index in [1.807, 2.05) is 27.7 Å². The van der Waals surface area contributed by atoms with E-state index < -0.39 is 0 Å². The molecule has 20 heavy (non-hydrogen) atoms. The largest absolute Gasteiger partial charge is 0.396 e. The Morgan fingerprint density at radius 2 is 1.85 bits per heavy atom. The van der Waals surface area contributed by atoms with Crippen molar-refractivity contribution in [3.05, 3.63) is 0 Å². The summed E-state index contributed by atoms with van der Waals surface area (Å²) in [7, 11) is 0. The van der Waals surface area contributed by atoms with Gasteiger partial charge in [0.05, 0.1) is 5.60 Å². The summed E-state index contributed by atoms with van der Waals surface area (Å²) in [4.78, 5) is 11.3. The highest BCUT2D eigenvalue weighted by atomic mass is 16.5. The number of carbonyl (C=O) groups excluding carboxylic acids is 1. The molecule has 0 aliphatic carbocycles. The van der Waals surface area contributed by atoms with Crippen molar-refractivity contribution >= 4 is 5.91 Å². The normalized spacial score (nSPS) is 10.7. The van der Waals surface area contributed by atoms with Gasteiger partial charge in [-0.2, -0.15) is 0 Å². The van der Waals surface area contributed by atoms with Gasteiger partial charge in [-0.3, -0.25) is 4.79 Å². The van der Waals surface area contributed by atoms with Crippen LogP contribution in [-0.4, -0.2) is 36.4 Å². The average Bonchev–Trinajstić information content (AvgIpc) is 2.42. The van der Waals surface area contributed by atoms with Crippen molar-refractivity contribution in [2.45, 2.75) is 78.7 Å². The van der Waals surface area contributed by atoms with E-state index in [4.69, 9.17) is 9.84 Å². The number of hydrogen-bond donors (Lipinski definition) is 2. The minimum atomic E-state index is -0.251. The number of aliphatic hydroxyl groups excluding tert-OH is 1. The maximum absolute atomic E-state index is 11.3. The fourth-order valence-corrected chi connectivity index (χ4v) is 1.57. The van der Waals surface area contributed by atoms with E-state index in [0.717, 1.165) is 32.2 Å². The number of amides is 1. The molecular formula is C16H35NO3. The molecule has 0 heterocycles. The zero-order valence-corrected chi connectivity index (χ0v) is 14.1. The van der Waals surface area contributed by atoms with E-state index in [1.165, 1.54) is 0 Å². The van der Waals surface area contributed by atoms with Crippen molar-refractivity contribution in [3.8, 4) is 0 Å². The lowest BCUT2D eigenvalue weighted by Gasteiger charge is -2.24. The molecule has 0 saturated heterocycles. The van der Waals surface area contributed by atoms with Gasteiger partial charge in [0.1, 0.15) is 0 Å². The van der Waals surface area contributed by atoms with E-state index in [0.29, 0.717) is 19.4 Å². The molecule has 0 aromatic heterocycles. The Kier molecular flexibility index (Phi) is 16.0. The molecule has 0 aromatic carbocycles. The summed E-state index contributed by atoms with van der Waals surface area (Å²) in [5.41, 5.74) is -0.251. The third-order valence-corrected chi connectivity index (χ3v) is 2.86. The summed E-state index contributed by atoms with van der Waals surface area (Å²) >= 11 is 0. The highest BCUT2D eigenvalue weighted by Gasteiger charge is 2.16. The molecule has 0 fully saturated rings. The summed E-state index contributed by atoms with van der Waals surface area (Å²) in [6.45, 7) is 11.6. The second-order valence-electron chi connectivity index (χ2n) is 5.24. The number of nitrogens with one attached hydrogen (secondary N) is 1. The molecular weight excluding hydrogens is 254 g/mol. The van der Waals surface area contributed by atoms with Gasteiger partial charge in [-0.15, -0.1) is 0 Å². The number of aliphatic hydroxyl groups is 1. The lowest BCUT2D eigenvalue weighted by Crippen LogP contribution is -2.27. The molecule has 0 radical (unpaired) electrons. The van der Waals surface area contributed by atoms with Crippen molar-refractivity contribution < 1.29 is 14.6 Å². The number of unbranched alkanes of at least 4 members (excludes halogenated alkanes) is 2. The predicted molar refractivity (Wildman–Crippen MR) is 84.9 cm³/mol. The highest BCUT2D eigenvalue weighted by Crippen LogP contribution is 2.13. The number of ether oxygens (including phenoxy) is 1. The molecule has 2 N–H and O–H groups in total. The minimum absolute atomic E-state index is 0.151. The zero-order chi connectivity index (χ0) is 15.9.